The van der Waals surface area contributed by atoms with Gasteiger partial charge in [-0.1, -0.05) is 143 Å². The quantitative estimate of drug-likeness (QED) is 0.101. The summed E-state index contributed by atoms with van der Waals surface area (Å²) in [5.41, 5.74) is 17.8. The molecular formula is C50H58N2Si2. The number of rotatable bonds is 6. The van der Waals surface area contributed by atoms with Crippen molar-refractivity contribution in [3.05, 3.63) is 96.1 Å². The van der Waals surface area contributed by atoms with Gasteiger partial charge in [-0.15, -0.1) is 11.1 Å². The molecule has 0 saturated heterocycles. The molecule has 2 N–H and O–H groups in total. The molecule has 0 radical (unpaired) electrons. The minimum Gasteiger partial charge on any atom is -0.351 e. The summed E-state index contributed by atoms with van der Waals surface area (Å²) >= 11 is 0. The smallest absolute Gasteiger partial charge is 0.146 e. The molecule has 0 amide bonds. The molecular weight excluding hydrogens is 685 g/mol. The third-order valence-corrected chi connectivity index (χ3v) is 25.7. The summed E-state index contributed by atoms with van der Waals surface area (Å²) in [7, 11) is -4.11. The minimum absolute atomic E-state index is 0.534. The van der Waals surface area contributed by atoms with Crippen molar-refractivity contribution in [2.75, 3.05) is 10.6 Å². The van der Waals surface area contributed by atoms with Crippen LogP contribution in [0.25, 0.3) is 43.1 Å². The molecule has 0 unspecified atom stereocenters. The van der Waals surface area contributed by atoms with E-state index in [1.165, 1.54) is 43.1 Å². The molecule has 0 aromatic heterocycles. The Morgan fingerprint density at radius 2 is 0.685 bits per heavy atom. The second-order valence-corrected chi connectivity index (χ2v) is 28.9. The lowest BCUT2D eigenvalue weighted by Gasteiger charge is -2.38. The summed E-state index contributed by atoms with van der Waals surface area (Å²) < 4.78 is 0. The van der Waals surface area contributed by atoms with Crippen molar-refractivity contribution in [3.8, 4) is 22.9 Å². The number of nitrogens with one attached hydrogen (secondary N) is 2. The van der Waals surface area contributed by atoms with E-state index < -0.39 is 16.1 Å². The average Bonchev–Trinajstić information content (AvgIpc) is 3.11. The number of hydrogen-bond acceptors (Lipinski definition) is 2. The van der Waals surface area contributed by atoms with Crippen LogP contribution >= 0.6 is 0 Å². The van der Waals surface area contributed by atoms with E-state index in [4.69, 9.17) is 0 Å². The Bertz CT molecular complexity index is 2330. The summed E-state index contributed by atoms with van der Waals surface area (Å²) in [6, 6.07) is 31.4. The Hall–Kier alpha value is -4.49. The fourth-order valence-electron chi connectivity index (χ4n) is 10.4. The maximum absolute atomic E-state index is 4.12. The van der Waals surface area contributed by atoms with Gasteiger partial charge < -0.3 is 10.6 Å². The number of fused-ring (bicyclic) bond motifs is 6. The molecule has 7 rings (SSSR count). The van der Waals surface area contributed by atoms with Crippen molar-refractivity contribution in [2.45, 2.75) is 116 Å². The highest BCUT2D eigenvalue weighted by Crippen LogP contribution is 2.49. The summed E-state index contributed by atoms with van der Waals surface area (Å²) in [5.74, 6) is 7.96. The van der Waals surface area contributed by atoms with Gasteiger partial charge in [-0.05, 0) is 102 Å². The third-order valence-electron chi connectivity index (χ3n) is 13.1. The average molecular weight is 743 g/mol. The van der Waals surface area contributed by atoms with Gasteiger partial charge in [-0.2, -0.15) is 0 Å². The zero-order valence-electron chi connectivity index (χ0n) is 34.5. The SMILES string of the molecule is CC(C)[Si](C#Cc1c2c(c(C#C[Si](C(C)C)(C(C)C)C(C)C)c3cc4ccccc4cc13)Nc1cc3cc4ccccc4cc3cc1N2)(C(C)C)C(C)C. The molecule has 0 atom stereocenters. The van der Waals surface area contributed by atoms with Gasteiger partial charge in [0.15, 0.2) is 0 Å². The first-order valence-corrected chi connectivity index (χ1v) is 24.7. The maximum Gasteiger partial charge on any atom is 0.146 e. The molecule has 0 fully saturated rings. The van der Waals surface area contributed by atoms with Crippen molar-refractivity contribution in [2.24, 2.45) is 0 Å². The van der Waals surface area contributed by atoms with Crippen LogP contribution in [0.2, 0.25) is 33.2 Å². The largest absolute Gasteiger partial charge is 0.351 e. The summed E-state index contributed by atoms with van der Waals surface area (Å²) in [6.45, 7) is 28.8. The third kappa shape index (κ3) is 6.13. The second kappa shape index (κ2) is 14.3. The summed E-state index contributed by atoms with van der Waals surface area (Å²) in [4.78, 5) is 0. The van der Waals surface area contributed by atoms with Gasteiger partial charge in [0.25, 0.3) is 0 Å². The van der Waals surface area contributed by atoms with Gasteiger partial charge in [0, 0.05) is 10.8 Å². The van der Waals surface area contributed by atoms with E-state index in [1.807, 2.05) is 0 Å². The zero-order chi connectivity index (χ0) is 38.7. The number of anilines is 4. The molecule has 276 valence electrons. The Morgan fingerprint density at radius 3 is 0.981 bits per heavy atom. The van der Waals surface area contributed by atoms with Crippen LogP contribution in [0.3, 0.4) is 0 Å². The number of benzene rings is 6. The lowest BCUT2D eigenvalue weighted by Crippen LogP contribution is -2.43. The van der Waals surface area contributed by atoms with E-state index in [-0.39, 0.29) is 0 Å². The van der Waals surface area contributed by atoms with Gasteiger partial charge in [0.1, 0.15) is 16.1 Å². The number of hydrogen-bond donors (Lipinski definition) is 2. The van der Waals surface area contributed by atoms with Crippen LogP contribution in [0, 0.1) is 22.9 Å². The molecule has 6 aromatic rings. The predicted octanol–water partition coefficient (Wildman–Crippen LogP) is 15.2. The van der Waals surface area contributed by atoms with Gasteiger partial charge in [-0.25, -0.2) is 0 Å². The van der Waals surface area contributed by atoms with Crippen LogP contribution in [-0.4, -0.2) is 16.1 Å². The molecule has 1 aliphatic rings. The molecule has 1 aliphatic heterocycles. The Kier molecular flexibility index (Phi) is 10.0. The highest BCUT2D eigenvalue weighted by Gasteiger charge is 2.43. The van der Waals surface area contributed by atoms with Crippen molar-refractivity contribution >= 4 is 82.0 Å². The van der Waals surface area contributed by atoms with Crippen molar-refractivity contribution in [1.29, 1.82) is 0 Å². The van der Waals surface area contributed by atoms with Crippen molar-refractivity contribution < 1.29 is 0 Å². The highest BCUT2D eigenvalue weighted by molar-refractivity contribution is 6.91. The predicted molar refractivity (Wildman–Crippen MR) is 245 cm³/mol. The van der Waals surface area contributed by atoms with E-state index in [0.717, 1.165) is 33.9 Å². The van der Waals surface area contributed by atoms with Gasteiger partial charge >= 0.3 is 0 Å². The summed E-state index contributed by atoms with van der Waals surface area (Å²) in [6.07, 6.45) is 0. The first kappa shape index (κ1) is 37.8. The van der Waals surface area contributed by atoms with Crippen LogP contribution < -0.4 is 10.6 Å². The Labute approximate surface area is 326 Å². The molecule has 2 nitrogen and oxygen atoms in total. The Morgan fingerprint density at radius 1 is 0.389 bits per heavy atom. The van der Waals surface area contributed by atoms with E-state index in [0.29, 0.717) is 33.2 Å². The molecule has 1 heterocycles. The van der Waals surface area contributed by atoms with Gasteiger partial charge in [-0.3, -0.25) is 0 Å². The van der Waals surface area contributed by atoms with E-state index in [9.17, 15) is 0 Å². The molecule has 0 spiro atoms. The first-order chi connectivity index (χ1) is 25.7. The molecule has 54 heavy (non-hydrogen) atoms. The van der Waals surface area contributed by atoms with Crippen molar-refractivity contribution in [3.63, 3.8) is 0 Å². The van der Waals surface area contributed by atoms with Crippen LogP contribution in [0.5, 0.6) is 0 Å². The normalized spacial score (nSPS) is 13.1. The van der Waals surface area contributed by atoms with Crippen molar-refractivity contribution in [1.82, 2.24) is 0 Å². The molecule has 6 aromatic carbocycles. The highest BCUT2D eigenvalue weighted by atomic mass is 28.3. The lowest BCUT2D eigenvalue weighted by molar-refractivity contribution is 0.838. The topological polar surface area (TPSA) is 24.1 Å². The van der Waals surface area contributed by atoms with Crippen LogP contribution in [0.4, 0.5) is 22.7 Å². The molecule has 0 aliphatic carbocycles. The lowest BCUT2D eigenvalue weighted by atomic mass is 9.91. The van der Waals surface area contributed by atoms with E-state index >= 15 is 0 Å². The second-order valence-electron chi connectivity index (χ2n) is 17.7. The van der Waals surface area contributed by atoms with Crippen LogP contribution in [-0.2, 0) is 0 Å². The standard InChI is InChI=1S/C50H58N2Si2/c1-31(2)53(32(3)4,33(5)6)23-21-43-45-27-39-19-15-16-20-40(39)28-46(45)44(22-24-54(34(7)8,35(9)10)36(11)12)50-49(43)51-47-29-41-25-37-17-13-14-18-38(37)26-42(41)30-48(47)52-50/h13-20,25-36,51-52H,1-12H3. The maximum atomic E-state index is 4.12. The monoisotopic (exact) mass is 742 g/mol. The minimum atomic E-state index is -2.05. The summed E-state index contributed by atoms with van der Waals surface area (Å²) in [5, 5.41) is 17.8. The fourth-order valence-corrected chi connectivity index (χ4v) is 20.8. The molecule has 0 bridgehead atoms. The van der Waals surface area contributed by atoms with Crippen LogP contribution in [0.1, 0.15) is 94.2 Å². The van der Waals surface area contributed by atoms with E-state index in [2.05, 4.69) is 202 Å². The van der Waals surface area contributed by atoms with E-state index in [1.54, 1.807) is 0 Å². The zero-order valence-corrected chi connectivity index (χ0v) is 36.5. The van der Waals surface area contributed by atoms with Gasteiger partial charge in [0.2, 0.25) is 0 Å². The molecule has 0 saturated carbocycles. The first-order valence-electron chi connectivity index (χ1n) is 20.3. The Balaban J connectivity index is 1.60. The van der Waals surface area contributed by atoms with Gasteiger partial charge in [0.05, 0.1) is 33.9 Å². The fraction of sp³-hybridized carbons (Fsp3) is 0.360. The molecule has 4 heteroatoms. The van der Waals surface area contributed by atoms with Crippen LogP contribution in [0.15, 0.2) is 84.9 Å².